The van der Waals surface area contributed by atoms with Gasteiger partial charge in [0.15, 0.2) is 0 Å². The van der Waals surface area contributed by atoms with E-state index in [9.17, 15) is 4.79 Å². The minimum absolute atomic E-state index is 0.0566. The molecule has 0 unspecified atom stereocenters. The van der Waals surface area contributed by atoms with Crippen molar-refractivity contribution in [3.8, 4) is 0 Å². The molecule has 6 nitrogen and oxygen atoms in total. The van der Waals surface area contributed by atoms with E-state index in [-0.39, 0.29) is 18.1 Å². The topological polar surface area (TPSA) is 45.2 Å². The Labute approximate surface area is 133 Å². The molecular formula is C16H29N3O3. The van der Waals surface area contributed by atoms with Crippen molar-refractivity contribution in [2.45, 2.75) is 31.0 Å². The summed E-state index contributed by atoms with van der Waals surface area (Å²) in [6, 6.07) is 0. The predicted octanol–water partition coefficient (Wildman–Crippen LogP) is 0.0303. The van der Waals surface area contributed by atoms with Crippen molar-refractivity contribution < 1.29 is 14.3 Å². The van der Waals surface area contributed by atoms with Gasteiger partial charge < -0.3 is 19.3 Å². The first-order valence-electron chi connectivity index (χ1n) is 8.46. The number of nitrogens with zero attached hydrogens (tertiary/aromatic N) is 3. The maximum Gasteiger partial charge on any atom is 0.248 e. The molecule has 0 aromatic heterocycles. The molecule has 3 rings (SSSR count). The number of piperazine rings is 1. The van der Waals surface area contributed by atoms with Crippen LogP contribution in [0.2, 0.25) is 0 Å². The molecule has 1 amide bonds. The molecule has 6 heteroatoms. The summed E-state index contributed by atoms with van der Waals surface area (Å²) in [5.74, 6) is 0.102. The lowest BCUT2D eigenvalue weighted by Gasteiger charge is -2.53. The molecule has 0 aliphatic carbocycles. The van der Waals surface area contributed by atoms with Crippen LogP contribution in [-0.2, 0) is 14.3 Å². The smallest absolute Gasteiger partial charge is 0.248 e. The zero-order chi connectivity index (χ0) is 15.6. The summed E-state index contributed by atoms with van der Waals surface area (Å²) >= 11 is 0. The van der Waals surface area contributed by atoms with E-state index in [4.69, 9.17) is 9.47 Å². The van der Waals surface area contributed by atoms with Gasteiger partial charge in [-0.25, -0.2) is 0 Å². The Morgan fingerprint density at radius 3 is 2.41 bits per heavy atom. The van der Waals surface area contributed by atoms with Gasteiger partial charge in [-0.15, -0.1) is 0 Å². The van der Waals surface area contributed by atoms with Gasteiger partial charge in [-0.2, -0.15) is 0 Å². The van der Waals surface area contributed by atoms with Crippen molar-refractivity contribution in [1.29, 1.82) is 0 Å². The molecule has 22 heavy (non-hydrogen) atoms. The maximum absolute atomic E-state index is 11.8. The summed E-state index contributed by atoms with van der Waals surface area (Å²) in [5, 5.41) is 0. The second-order valence-corrected chi connectivity index (χ2v) is 7.04. The van der Waals surface area contributed by atoms with Crippen molar-refractivity contribution >= 4 is 5.91 Å². The van der Waals surface area contributed by atoms with E-state index in [0.717, 1.165) is 65.1 Å². The molecule has 0 aromatic rings. The van der Waals surface area contributed by atoms with Crippen molar-refractivity contribution in [3.05, 3.63) is 0 Å². The summed E-state index contributed by atoms with van der Waals surface area (Å²) < 4.78 is 11.2. The summed E-state index contributed by atoms with van der Waals surface area (Å²) in [5.41, 5.74) is 0.0566. The summed E-state index contributed by atoms with van der Waals surface area (Å²) in [6.07, 6.45) is 3.50. The average Bonchev–Trinajstić information content (AvgIpc) is 2.49. The monoisotopic (exact) mass is 311 g/mol. The highest BCUT2D eigenvalue weighted by molar-refractivity contribution is 5.77. The molecule has 3 aliphatic heterocycles. The van der Waals surface area contributed by atoms with Crippen LogP contribution in [0.25, 0.3) is 0 Å². The van der Waals surface area contributed by atoms with E-state index in [1.54, 1.807) is 7.11 Å². The average molecular weight is 311 g/mol. The van der Waals surface area contributed by atoms with E-state index in [1.807, 2.05) is 4.90 Å². The lowest BCUT2D eigenvalue weighted by Crippen LogP contribution is -2.60. The Morgan fingerprint density at radius 1 is 1.18 bits per heavy atom. The minimum atomic E-state index is 0.0566. The largest absolute Gasteiger partial charge is 0.375 e. The fourth-order valence-corrected chi connectivity index (χ4v) is 3.88. The fourth-order valence-electron chi connectivity index (χ4n) is 3.88. The Hall–Kier alpha value is -0.690. The normalized spacial score (nSPS) is 29.5. The second-order valence-electron chi connectivity index (χ2n) is 7.04. The standard InChI is InChI=1S/C16H29N3O3/c1-17-7-9-18(10-8-17)12-14-11-16(22-14)3-5-19(6-4-16)15(20)13-21-2/h14H,3-13H2,1-2H3/t14-/m1/s1. The first-order valence-corrected chi connectivity index (χ1v) is 8.46. The molecule has 3 aliphatic rings. The van der Waals surface area contributed by atoms with E-state index in [2.05, 4.69) is 16.8 Å². The number of rotatable bonds is 4. The van der Waals surface area contributed by atoms with Crippen LogP contribution in [0.1, 0.15) is 19.3 Å². The van der Waals surface area contributed by atoms with Gasteiger partial charge >= 0.3 is 0 Å². The molecule has 3 fully saturated rings. The Morgan fingerprint density at radius 2 is 1.82 bits per heavy atom. The fraction of sp³-hybridized carbons (Fsp3) is 0.938. The Balaban J connectivity index is 1.37. The first kappa shape index (κ1) is 16.2. The summed E-state index contributed by atoms with van der Waals surface area (Å²) in [4.78, 5) is 18.6. The SMILES string of the molecule is COCC(=O)N1CCC2(CC1)C[C@H](CN1CCN(C)CC1)O2. The van der Waals surface area contributed by atoms with Crippen LogP contribution in [0.4, 0.5) is 0 Å². The molecule has 0 bridgehead atoms. The summed E-state index contributed by atoms with van der Waals surface area (Å²) in [7, 11) is 3.76. The van der Waals surface area contributed by atoms with Crippen LogP contribution in [0.3, 0.4) is 0 Å². The third-order valence-electron chi connectivity index (χ3n) is 5.37. The van der Waals surface area contributed by atoms with Crippen LogP contribution < -0.4 is 0 Å². The second kappa shape index (κ2) is 6.83. The Bertz CT molecular complexity index is 380. The van der Waals surface area contributed by atoms with E-state index in [1.165, 1.54) is 0 Å². The number of methoxy groups -OCH3 is 1. The number of carbonyl (C=O) groups is 1. The van der Waals surface area contributed by atoms with Crippen LogP contribution in [0.5, 0.6) is 0 Å². The summed E-state index contributed by atoms with van der Waals surface area (Å²) in [6.45, 7) is 7.52. The maximum atomic E-state index is 11.8. The molecule has 126 valence electrons. The number of hydrogen-bond acceptors (Lipinski definition) is 5. The molecule has 3 heterocycles. The number of likely N-dealkylation sites (N-methyl/N-ethyl adjacent to an activating group) is 1. The highest BCUT2D eigenvalue weighted by Gasteiger charge is 2.48. The zero-order valence-electron chi connectivity index (χ0n) is 13.9. The van der Waals surface area contributed by atoms with Crippen LogP contribution >= 0.6 is 0 Å². The molecule has 0 N–H and O–H groups in total. The van der Waals surface area contributed by atoms with Gasteiger partial charge in [0.05, 0.1) is 11.7 Å². The third kappa shape index (κ3) is 3.62. The highest BCUT2D eigenvalue weighted by atomic mass is 16.5. The van der Waals surface area contributed by atoms with Gasteiger partial charge in [0.1, 0.15) is 6.61 Å². The van der Waals surface area contributed by atoms with Gasteiger partial charge in [0.25, 0.3) is 0 Å². The Kier molecular flexibility index (Phi) is 5.02. The van der Waals surface area contributed by atoms with Crippen molar-refractivity contribution in [2.24, 2.45) is 0 Å². The molecule has 3 saturated heterocycles. The van der Waals surface area contributed by atoms with Crippen molar-refractivity contribution in [3.63, 3.8) is 0 Å². The molecule has 0 radical (unpaired) electrons. The van der Waals surface area contributed by atoms with Crippen LogP contribution in [0, 0.1) is 0 Å². The van der Waals surface area contributed by atoms with E-state index >= 15 is 0 Å². The lowest BCUT2D eigenvalue weighted by molar-refractivity contribution is -0.230. The molecule has 1 atom stereocenters. The third-order valence-corrected chi connectivity index (χ3v) is 5.37. The van der Waals surface area contributed by atoms with Crippen LogP contribution in [0.15, 0.2) is 0 Å². The number of ether oxygens (including phenoxy) is 2. The molecule has 0 saturated carbocycles. The van der Waals surface area contributed by atoms with Crippen molar-refractivity contribution in [2.75, 3.05) is 66.6 Å². The quantitative estimate of drug-likeness (QED) is 0.733. The number of amides is 1. The minimum Gasteiger partial charge on any atom is -0.375 e. The van der Waals surface area contributed by atoms with Gasteiger partial charge in [-0.1, -0.05) is 0 Å². The van der Waals surface area contributed by atoms with Gasteiger partial charge in [-0.05, 0) is 19.9 Å². The van der Waals surface area contributed by atoms with E-state index < -0.39 is 0 Å². The lowest BCUT2D eigenvalue weighted by atomic mass is 9.80. The van der Waals surface area contributed by atoms with Crippen molar-refractivity contribution in [1.82, 2.24) is 14.7 Å². The van der Waals surface area contributed by atoms with Gasteiger partial charge in [0, 0.05) is 59.3 Å². The molecule has 0 aromatic carbocycles. The predicted molar refractivity (Wildman–Crippen MR) is 83.8 cm³/mol. The molecule has 1 spiro atoms. The number of piperidine rings is 1. The highest BCUT2D eigenvalue weighted by Crippen LogP contribution is 2.41. The number of likely N-dealkylation sites (tertiary alicyclic amines) is 1. The first-order chi connectivity index (χ1) is 10.6. The number of hydrogen-bond donors (Lipinski definition) is 0. The van der Waals surface area contributed by atoms with Crippen LogP contribution in [-0.4, -0.2) is 98.9 Å². The van der Waals surface area contributed by atoms with Gasteiger partial charge in [0.2, 0.25) is 5.91 Å². The number of carbonyl (C=O) groups excluding carboxylic acids is 1. The zero-order valence-corrected chi connectivity index (χ0v) is 13.9. The van der Waals surface area contributed by atoms with E-state index in [0.29, 0.717) is 6.10 Å². The molecular weight excluding hydrogens is 282 g/mol. The van der Waals surface area contributed by atoms with Gasteiger partial charge in [-0.3, -0.25) is 9.69 Å².